The second-order valence-electron chi connectivity index (χ2n) is 5.81. The van der Waals surface area contributed by atoms with Crippen LogP contribution in [0.5, 0.6) is 0 Å². The van der Waals surface area contributed by atoms with Crippen molar-refractivity contribution in [1.29, 1.82) is 0 Å². The summed E-state index contributed by atoms with van der Waals surface area (Å²) in [6.07, 6.45) is 1.42. The van der Waals surface area contributed by atoms with E-state index in [2.05, 4.69) is 40.3 Å². The molecule has 4 nitrogen and oxygen atoms in total. The molecule has 8 heteroatoms. The van der Waals surface area contributed by atoms with Gasteiger partial charge in [0.2, 0.25) is 11.8 Å². The molecule has 2 fully saturated rings. The van der Waals surface area contributed by atoms with E-state index in [0.29, 0.717) is 18.7 Å². The Balaban J connectivity index is 1.40. The number of hydrogen-bond donors (Lipinski definition) is 1. The first-order valence-electron chi connectivity index (χ1n) is 7.55. The number of nitrogens with one attached hydrogen (secondary N) is 1. The molecule has 126 valence electrons. The van der Waals surface area contributed by atoms with Crippen molar-refractivity contribution in [1.82, 2.24) is 10.2 Å². The SMILES string of the molecule is C[C@]12CCC(=O)N1[C@@H](C(=O)NCCSCc1ccc(Br)s1)CS2. The Hall–Kier alpha value is -0.180. The lowest BCUT2D eigenvalue weighted by Crippen LogP contribution is -2.50. The van der Waals surface area contributed by atoms with Crippen LogP contribution in [0.15, 0.2) is 15.9 Å². The molecule has 0 unspecified atom stereocenters. The van der Waals surface area contributed by atoms with E-state index in [1.54, 1.807) is 23.1 Å². The molecule has 2 atom stereocenters. The van der Waals surface area contributed by atoms with Gasteiger partial charge in [0.05, 0.1) is 8.66 Å². The Kier molecular flexibility index (Phi) is 5.65. The molecule has 0 aromatic carbocycles. The maximum atomic E-state index is 12.4. The summed E-state index contributed by atoms with van der Waals surface area (Å²) in [7, 11) is 0. The lowest BCUT2D eigenvalue weighted by molar-refractivity contribution is -0.137. The third-order valence-corrected chi connectivity index (χ3v) is 8.49. The smallest absolute Gasteiger partial charge is 0.243 e. The van der Waals surface area contributed by atoms with Crippen molar-refractivity contribution in [2.24, 2.45) is 0 Å². The van der Waals surface area contributed by atoms with Crippen molar-refractivity contribution in [3.05, 3.63) is 20.8 Å². The molecule has 0 radical (unpaired) electrons. The fourth-order valence-corrected chi connectivity index (χ4v) is 6.87. The van der Waals surface area contributed by atoms with Gasteiger partial charge < -0.3 is 10.2 Å². The van der Waals surface area contributed by atoms with Gasteiger partial charge in [-0.15, -0.1) is 23.1 Å². The standard InChI is InChI=1S/C15H19BrN2O2S3/c1-15-5-4-13(19)18(15)11(9-22-15)14(20)17-6-7-21-8-10-2-3-12(16)23-10/h2-3,11H,4-9H2,1H3,(H,17,20)/t11-,15+/m1/s1. The van der Waals surface area contributed by atoms with Crippen LogP contribution in [-0.4, -0.2) is 45.7 Å². The van der Waals surface area contributed by atoms with Crippen LogP contribution in [0.3, 0.4) is 0 Å². The fraction of sp³-hybridized carbons (Fsp3) is 0.600. The van der Waals surface area contributed by atoms with Crippen LogP contribution in [0.2, 0.25) is 0 Å². The number of carbonyl (C=O) groups excluding carboxylic acids is 2. The van der Waals surface area contributed by atoms with Crippen molar-refractivity contribution in [3.8, 4) is 0 Å². The largest absolute Gasteiger partial charge is 0.353 e. The Morgan fingerprint density at radius 1 is 1.57 bits per heavy atom. The summed E-state index contributed by atoms with van der Waals surface area (Å²) in [6, 6.07) is 3.89. The summed E-state index contributed by atoms with van der Waals surface area (Å²) in [5.41, 5.74) is 0. The van der Waals surface area contributed by atoms with Crippen LogP contribution in [0.25, 0.3) is 0 Å². The van der Waals surface area contributed by atoms with Gasteiger partial charge in [0.15, 0.2) is 0 Å². The third-order valence-electron chi connectivity index (χ3n) is 4.17. The van der Waals surface area contributed by atoms with Crippen molar-refractivity contribution >= 4 is 62.6 Å². The minimum Gasteiger partial charge on any atom is -0.353 e. The van der Waals surface area contributed by atoms with Gasteiger partial charge in [-0.3, -0.25) is 9.59 Å². The predicted molar refractivity (Wildman–Crippen MR) is 102 cm³/mol. The molecule has 3 heterocycles. The highest BCUT2D eigenvalue weighted by atomic mass is 79.9. The molecular formula is C15H19BrN2O2S3. The maximum absolute atomic E-state index is 12.4. The Labute approximate surface area is 157 Å². The normalized spacial score (nSPS) is 26.6. The van der Waals surface area contributed by atoms with Gasteiger partial charge in [0.1, 0.15) is 6.04 Å². The molecule has 2 aliphatic rings. The molecule has 2 amide bonds. The molecule has 1 N–H and O–H groups in total. The topological polar surface area (TPSA) is 49.4 Å². The highest BCUT2D eigenvalue weighted by molar-refractivity contribution is 9.11. The fourth-order valence-electron chi connectivity index (χ4n) is 2.98. The van der Waals surface area contributed by atoms with Crippen molar-refractivity contribution in [2.45, 2.75) is 36.4 Å². The van der Waals surface area contributed by atoms with E-state index in [1.807, 2.05) is 16.7 Å². The van der Waals surface area contributed by atoms with Crippen LogP contribution >= 0.6 is 50.8 Å². The van der Waals surface area contributed by atoms with Gasteiger partial charge in [0.25, 0.3) is 0 Å². The monoisotopic (exact) mass is 434 g/mol. The highest BCUT2D eigenvalue weighted by Crippen LogP contribution is 2.47. The summed E-state index contributed by atoms with van der Waals surface area (Å²) in [4.78, 5) is 27.4. The van der Waals surface area contributed by atoms with Gasteiger partial charge in [-0.1, -0.05) is 0 Å². The van der Waals surface area contributed by atoms with Crippen LogP contribution in [0, 0.1) is 0 Å². The predicted octanol–water partition coefficient (Wildman–Crippen LogP) is 3.31. The number of nitrogens with zero attached hydrogens (tertiary/aromatic N) is 1. The summed E-state index contributed by atoms with van der Waals surface area (Å²) < 4.78 is 1.15. The van der Waals surface area contributed by atoms with E-state index in [4.69, 9.17) is 0 Å². The minimum absolute atomic E-state index is 0.00376. The van der Waals surface area contributed by atoms with E-state index in [-0.39, 0.29) is 22.7 Å². The summed E-state index contributed by atoms with van der Waals surface area (Å²) >= 11 is 8.75. The molecule has 0 saturated carbocycles. The Morgan fingerprint density at radius 2 is 2.39 bits per heavy atom. The van der Waals surface area contributed by atoms with Gasteiger partial charge >= 0.3 is 0 Å². The zero-order valence-electron chi connectivity index (χ0n) is 12.8. The average Bonchev–Trinajstić information content (AvgIpc) is 3.15. The zero-order valence-corrected chi connectivity index (χ0v) is 16.9. The maximum Gasteiger partial charge on any atom is 0.243 e. The van der Waals surface area contributed by atoms with Crippen LogP contribution in [-0.2, 0) is 15.3 Å². The van der Waals surface area contributed by atoms with E-state index in [0.717, 1.165) is 21.7 Å². The lowest BCUT2D eigenvalue weighted by atomic mass is 10.2. The number of rotatable bonds is 6. The van der Waals surface area contributed by atoms with Crippen molar-refractivity contribution in [3.63, 3.8) is 0 Å². The third kappa shape index (κ3) is 3.91. The van der Waals surface area contributed by atoms with Crippen molar-refractivity contribution < 1.29 is 9.59 Å². The minimum atomic E-state index is -0.293. The molecule has 2 aliphatic heterocycles. The number of fused-ring (bicyclic) bond motifs is 1. The van der Waals surface area contributed by atoms with Gasteiger partial charge in [-0.25, -0.2) is 0 Å². The van der Waals surface area contributed by atoms with E-state index < -0.39 is 0 Å². The molecule has 0 aliphatic carbocycles. The molecular weight excluding hydrogens is 416 g/mol. The summed E-state index contributed by atoms with van der Waals surface area (Å²) in [5.74, 6) is 2.68. The molecule has 1 aromatic rings. The van der Waals surface area contributed by atoms with Crippen LogP contribution in [0.1, 0.15) is 24.6 Å². The molecule has 23 heavy (non-hydrogen) atoms. The first kappa shape index (κ1) is 17.6. The number of thiophene rings is 1. The Morgan fingerprint density at radius 3 is 3.13 bits per heavy atom. The molecule has 3 rings (SSSR count). The second-order valence-corrected chi connectivity index (χ2v) is 11.0. The van der Waals surface area contributed by atoms with E-state index >= 15 is 0 Å². The van der Waals surface area contributed by atoms with Crippen molar-refractivity contribution in [2.75, 3.05) is 18.1 Å². The Bertz CT molecular complexity index is 609. The molecule has 2 saturated heterocycles. The average molecular weight is 435 g/mol. The van der Waals surface area contributed by atoms with Crippen LogP contribution < -0.4 is 5.32 Å². The highest BCUT2D eigenvalue weighted by Gasteiger charge is 2.52. The van der Waals surface area contributed by atoms with Gasteiger partial charge in [0, 0.05) is 35.1 Å². The summed E-state index contributed by atoms with van der Waals surface area (Å²) in [5, 5.41) is 2.99. The van der Waals surface area contributed by atoms with E-state index in [9.17, 15) is 9.59 Å². The zero-order chi connectivity index (χ0) is 16.4. The first-order valence-corrected chi connectivity index (χ1v) is 11.3. The van der Waals surface area contributed by atoms with E-state index in [1.165, 1.54) is 4.88 Å². The summed E-state index contributed by atoms with van der Waals surface area (Å²) in [6.45, 7) is 2.72. The second kappa shape index (κ2) is 7.37. The molecule has 0 bridgehead atoms. The first-order chi connectivity index (χ1) is 11.0. The number of amides is 2. The van der Waals surface area contributed by atoms with Gasteiger partial charge in [-0.2, -0.15) is 11.8 Å². The number of halogens is 1. The molecule has 1 aromatic heterocycles. The lowest BCUT2D eigenvalue weighted by Gasteiger charge is -2.29. The number of hydrogen-bond acceptors (Lipinski definition) is 5. The van der Waals surface area contributed by atoms with Crippen LogP contribution in [0.4, 0.5) is 0 Å². The van der Waals surface area contributed by atoms with Gasteiger partial charge in [-0.05, 0) is 41.4 Å². The molecule has 0 spiro atoms. The number of carbonyl (C=O) groups is 2. The quantitative estimate of drug-likeness (QED) is 0.697. The number of thioether (sulfide) groups is 2.